The predicted molar refractivity (Wildman–Crippen MR) is 84.4 cm³/mol. The first-order chi connectivity index (χ1) is 10.6. The van der Waals surface area contributed by atoms with Crippen molar-refractivity contribution in [1.29, 1.82) is 0 Å². The third kappa shape index (κ3) is 4.28. The Balaban J connectivity index is 1.98. The summed E-state index contributed by atoms with van der Waals surface area (Å²) in [6.07, 6.45) is 5.73. The number of amides is 2. The number of aromatic nitrogens is 2. The zero-order chi connectivity index (χ0) is 15.9. The van der Waals surface area contributed by atoms with Gasteiger partial charge in [-0.2, -0.15) is 5.10 Å². The Morgan fingerprint density at radius 3 is 2.59 bits per heavy atom. The van der Waals surface area contributed by atoms with Crippen molar-refractivity contribution < 1.29 is 9.59 Å². The van der Waals surface area contributed by atoms with E-state index in [4.69, 9.17) is 0 Å². The number of nitrogens with zero attached hydrogens (tertiary/aromatic N) is 2. The second-order valence-electron chi connectivity index (χ2n) is 5.39. The molecular weight excluding hydrogens is 278 g/mol. The number of aryl methyl sites for hydroxylation is 1. The molecule has 1 atom stereocenters. The predicted octanol–water partition coefficient (Wildman–Crippen LogP) is 2.88. The van der Waals surface area contributed by atoms with E-state index in [1.807, 2.05) is 23.9 Å². The van der Waals surface area contributed by atoms with Crippen LogP contribution in [0.25, 0.3) is 0 Å². The molecule has 5 nitrogen and oxygen atoms in total. The van der Waals surface area contributed by atoms with Crippen LogP contribution in [0.3, 0.4) is 0 Å². The summed E-state index contributed by atoms with van der Waals surface area (Å²) in [5.74, 6) is -0.641. The molecule has 1 heterocycles. The molecule has 1 unspecified atom stereocenters. The standard InChI is InChI=1S/C17H21N3O2/c1-3-7-15(20-12-13(2)11-18-20)10-16(21)19-17(22)14-8-5-4-6-9-14/h4-6,8-9,11-12,15H,3,7,10H2,1-2H3,(H,19,21,22). The van der Waals surface area contributed by atoms with Gasteiger partial charge in [-0.25, -0.2) is 0 Å². The molecule has 0 saturated heterocycles. The van der Waals surface area contributed by atoms with E-state index in [-0.39, 0.29) is 24.3 Å². The summed E-state index contributed by atoms with van der Waals surface area (Å²) in [6, 6.07) is 8.71. The molecular formula is C17H21N3O2. The Kier molecular flexibility index (Phi) is 5.47. The Hall–Kier alpha value is -2.43. The average Bonchev–Trinajstić information content (AvgIpc) is 2.94. The van der Waals surface area contributed by atoms with Crippen LogP contribution in [-0.4, -0.2) is 21.6 Å². The third-order valence-corrected chi connectivity index (χ3v) is 3.44. The number of rotatable bonds is 6. The molecule has 22 heavy (non-hydrogen) atoms. The molecule has 2 aromatic rings. The van der Waals surface area contributed by atoms with Crippen molar-refractivity contribution in [2.24, 2.45) is 0 Å². The minimum Gasteiger partial charge on any atom is -0.292 e. The molecule has 0 aliphatic carbocycles. The average molecular weight is 299 g/mol. The van der Waals surface area contributed by atoms with E-state index >= 15 is 0 Å². The van der Waals surface area contributed by atoms with Gasteiger partial charge in [0.15, 0.2) is 0 Å². The summed E-state index contributed by atoms with van der Waals surface area (Å²) in [7, 11) is 0. The highest BCUT2D eigenvalue weighted by Crippen LogP contribution is 2.18. The summed E-state index contributed by atoms with van der Waals surface area (Å²) >= 11 is 0. The van der Waals surface area contributed by atoms with Crippen LogP contribution in [0.1, 0.15) is 48.1 Å². The second kappa shape index (κ2) is 7.54. The van der Waals surface area contributed by atoms with Gasteiger partial charge in [-0.15, -0.1) is 0 Å². The molecule has 0 spiro atoms. The molecule has 1 N–H and O–H groups in total. The lowest BCUT2D eigenvalue weighted by Crippen LogP contribution is -2.32. The largest absolute Gasteiger partial charge is 0.292 e. The van der Waals surface area contributed by atoms with Crippen LogP contribution in [-0.2, 0) is 4.79 Å². The lowest BCUT2D eigenvalue weighted by molar-refractivity contribution is -0.121. The SMILES string of the molecule is CCCC(CC(=O)NC(=O)c1ccccc1)n1cc(C)cn1. The maximum absolute atomic E-state index is 12.1. The smallest absolute Gasteiger partial charge is 0.257 e. The fraction of sp³-hybridized carbons (Fsp3) is 0.353. The van der Waals surface area contributed by atoms with Crippen molar-refractivity contribution in [3.63, 3.8) is 0 Å². The van der Waals surface area contributed by atoms with Crippen LogP contribution in [0.5, 0.6) is 0 Å². The summed E-state index contributed by atoms with van der Waals surface area (Å²) in [5.41, 5.74) is 1.54. The quantitative estimate of drug-likeness (QED) is 0.892. The van der Waals surface area contributed by atoms with Gasteiger partial charge in [-0.1, -0.05) is 31.5 Å². The molecule has 0 fully saturated rings. The molecule has 116 valence electrons. The Labute approximate surface area is 130 Å². The molecule has 2 rings (SSSR count). The third-order valence-electron chi connectivity index (χ3n) is 3.44. The van der Waals surface area contributed by atoms with Crippen LogP contribution in [0.15, 0.2) is 42.7 Å². The second-order valence-corrected chi connectivity index (χ2v) is 5.39. The number of carbonyl (C=O) groups is 2. The highest BCUT2D eigenvalue weighted by atomic mass is 16.2. The first-order valence-corrected chi connectivity index (χ1v) is 7.50. The zero-order valence-electron chi connectivity index (χ0n) is 13.0. The lowest BCUT2D eigenvalue weighted by atomic mass is 10.1. The molecule has 0 radical (unpaired) electrons. The molecule has 0 saturated carbocycles. The number of hydrogen-bond acceptors (Lipinski definition) is 3. The van der Waals surface area contributed by atoms with Gasteiger partial charge in [0, 0.05) is 18.2 Å². The first kappa shape index (κ1) is 15.9. The van der Waals surface area contributed by atoms with Gasteiger partial charge in [0.2, 0.25) is 5.91 Å². The van der Waals surface area contributed by atoms with E-state index in [0.29, 0.717) is 5.56 Å². The van der Waals surface area contributed by atoms with Crippen LogP contribution in [0, 0.1) is 6.92 Å². The minimum absolute atomic E-state index is 0.0257. The van der Waals surface area contributed by atoms with E-state index in [9.17, 15) is 9.59 Å². The van der Waals surface area contributed by atoms with Gasteiger partial charge in [-0.3, -0.25) is 19.6 Å². The fourth-order valence-corrected chi connectivity index (χ4v) is 2.35. The molecule has 0 bridgehead atoms. The number of hydrogen-bond donors (Lipinski definition) is 1. The normalized spacial score (nSPS) is 11.9. The fourth-order valence-electron chi connectivity index (χ4n) is 2.35. The zero-order valence-corrected chi connectivity index (χ0v) is 13.0. The van der Waals surface area contributed by atoms with Crippen LogP contribution >= 0.6 is 0 Å². The monoisotopic (exact) mass is 299 g/mol. The number of benzene rings is 1. The van der Waals surface area contributed by atoms with E-state index in [1.165, 1.54) is 0 Å². The van der Waals surface area contributed by atoms with Crippen LogP contribution < -0.4 is 5.32 Å². The maximum Gasteiger partial charge on any atom is 0.257 e. The topological polar surface area (TPSA) is 64.0 Å². The van der Waals surface area contributed by atoms with Crippen molar-refractivity contribution in [3.05, 3.63) is 53.9 Å². The summed E-state index contributed by atoms with van der Waals surface area (Å²) in [6.45, 7) is 4.03. The molecule has 1 aromatic heterocycles. The summed E-state index contributed by atoms with van der Waals surface area (Å²) < 4.78 is 1.81. The molecule has 1 aromatic carbocycles. The van der Waals surface area contributed by atoms with E-state index in [1.54, 1.807) is 30.5 Å². The van der Waals surface area contributed by atoms with Crippen molar-refractivity contribution in [1.82, 2.24) is 15.1 Å². The molecule has 5 heteroatoms. The maximum atomic E-state index is 12.1. The Morgan fingerprint density at radius 1 is 1.27 bits per heavy atom. The van der Waals surface area contributed by atoms with E-state index in [0.717, 1.165) is 18.4 Å². The van der Waals surface area contributed by atoms with Crippen molar-refractivity contribution >= 4 is 11.8 Å². The van der Waals surface area contributed by atoms with E-state index < -0.39 is 0 Å². The highest BCUT2D eigenvalue weighted by Gasteiger charge is 2.18. The number of carbonyl (C=O) groups excluding carboxylic acids is 2. The van der Waals surface area contributed by atoms with Gasteiger partial charge in [0.1, 0.15) is 0 Å². The highest BCUT2D eigenvalue weighted by molar-refractivity contribution is 6.04. The van der Waals surface area contributed by atoms with Gasteiger partial charge in [-0.05, 0) is 31.0 Å². The molecule has 0 aliphatic heterocycles. The lowest BCUT2D eigenvalue weighted by Gasteiger charge is -2.16. The summed E-state index contributed by atoms with van der Waals surface area (Å²) in [4.78, 5) is 24.1. The van der Waals surface area contributed by atoms with Crippen molar-refractivity contribution in [2.75, 3.05) is 0 Å². The number of imide groups is 1. The molecule has 2 amide bonds. The van der Waals surface area contributed by atoms with E-state index in [2.05, 4.69) is 17.3 Å². The number of nitrogens with one attached hydrogen (secondary N) is 1. The molecule has 0 aliphatic rings. The Morgan fingerprint density at radius 2 is 2.00 bits per heavy atom. The van der Waals surface area contributed by atoms with Crippen LogP contribution in [0.4, 0.5) is 0 Å². The van der Waals surface area contributed by atoms with Crippen molar-refractivity contribution in [2.45, 2.75) is 39.2 Å². The first-order valence-electron chi connectivity index (χ1n) is 7.50. The minimum atomic E-state index is -0.363. The van der Waals surface area contributed by atoms with Gasteiger partial charge >= 0.3 is 0 Å². The summed E-state index contributed by atoms with van der Waals surface area (Å²) in [5, 5.41) is 6.72. The van der Waals surface area contributed by atoms with Gasteiger partial charge in [0.05, 0.1) is 12.2 Å². The van der Waals surface area contributed by atoms with Gasteiger partial charge < -0.3 is 0 Å². The van der Waals surface area contributed by atoms with Gasteiger partial charge in [0.25, 0.3) is 5.91 Å². The van der Waals surface area contributed by atoms with Crippen LogP contribution in [0.2, 0.25) is 0 Å². The van der Waals surface area contributed by atoms with Crippen molar-refractivity contribution in [3.8, 4) is 0 Å². The Bertz CT molecular complexity index is 634.